The van der Waals surface area contributed by atoms with Crippen molar-refractivity contribution in [2.75, 3.05) is 26.3 Å². The summed E-state index contributed by atoms with van der Waals surface area (Å²) in [6, 6.07) is 0. The minimum atomic E-state index is -1.15. The summed E-state index contributed by atoms with van der Waals surface area (Å²) < 4.78 is 5.54. The minimum Gasteiger partial charge on any atom is -0.481 e. The van der Waals surface area contributed by atoms with E-state index in [2.05, 4.69) is 0 Å². The number of carbonyl (C=O) groups excluding carboxylic acids is 2. The molecule has 11 heteroatoms. The first-order chi connectivity index (χ1) is 14.7. The highest BCUT2D eigenvalue weighted by atomic mass is 16.5. The van der Waals surface area contributed by atoms with Crippen molar-refractivity contribution in [3.05, 3.63) is 0 Å². The van der Waals surface area contributed by atoms with Gasteiger partial charge in [-0.15, -0.1) is 0 Å². The molecular weight excluding hydrogens is 412 g/mol. The lowest BCUT2D eigenvalue weighted by Gasteiger charge is -2.30. The first-order valence-electron chi connectivity index (χ1n) is 10.7. The van der Waals surface area contributed by atoms with Gasteiger partial charge in [-0.2, -0.15) is 0 Å². The van der Waals surface area contributed by atoms with Crippen LogP contribution in [0.25, 0.3) is 0 Å². The molecule has 4 N–H and O–H groups in total. The van der Waals surface area contributed by atoms with E-state index < -0.39 is 47.1 Å². The summed E-state index contributed by atoms with van der Waals surface area (Å²) in [5, 5.41) is 38.7. The summed E-state index contributed by atoms with van der Waals surface area (Å²) in [7, 11) is 0. The number of hydrogen-bond acceptors (Lipinski definition) is 7. The van der Waals surface area contributed by atoms with Crippen molar-refractivity contribution in [3.63, 3.8) is 0 Å². The standard InChI is InChI=1S/C20H28N2O9/c23-11-1-3-13(15(25)26)19(9-11)17(29)21(19)5-7-31-8-6-22-18(30)20(22)10-12(24)2-4-14(20)16(27)28/h11-14,23-24H,1-10H2,(H,25,26)(H,27,28). The summed E-state index contributed by atoms with van der Waals surface area (Å²) >= 11 is 0. The highest BCUT2D eigenvalue weighted by Crippen LogP contribution is 2.51. The van der Waals surface area contributed by atoms with E-state index >= 15 is 0 Å². The summed E-state index contributed by atoms with van der Waals surface area (Å²) in [5.74, 6) is -4.35. The number of hydrogen-bond donors (Lipinski definition) is 4. The molecule has 2 aliphatic carbocycles. The zero-order valence-corrected chi connectivity index (χ0v) is 17.1. The maximum absolute atomic E-state index is 12.4. The average molecular weight is 440 g/mol. The fraction of sp³-hybridized carbons (Fsp3) is 0.800. The van der Waals surface area contributed by atoms with Crippen LogP contribution in [0.3, 0.4) is 0 Å². The third kappa shape index (κ3) is 3.39. The van der Waals surface area contributed by atoms with Crippen LogP contribution in [0, 0.1) is 11.8 Å². The summed E-state index contributed by atoms with van der Waals surface area (Å²) in [6.45, 7) is 0.641. The second-order valence-corrected chi connectivity index (χ2v) is 9.03. The maximum Gasteiger partial charge on any atom is 0.309 e. The van der Waals surface area contributed by atoms with Crippen LogP contribution in [-0.2, 0) is 23.9 Å². The van der Waals surface area contributed by atoms with Crippen LogP contribution >= 0.6 is 0 Å². The molecule has 4 rings (SSSR count). The molecule has 2 saturated heterocycles. The monoisotopic (exact) mass is 440 g/mol. The molecular formula is C20H28N2O9. The Kier molecular flexibility index (Phi) is 5.47. The zero-order valence-electron chi connectivity index (χ0n) is 17.1. The minimum absolute atomic E-state index is 0.104. The molecule has 0 radical (unpaired) electrons. The van der Waals surface area contributed by atoms with E-state index in [9.17, 15) is 39.6 Å². The van der Waals surface area contributed by atoms with Crippen LogP contribution in [0.1, 0.15) is 38.5 Å². The second-order valence-electron chi connectivity index (χ2n) is 9.03. The molecule has 2 spiro atoms. The molecule has 0 aromatic rings. The van der Waals surface area contributed by atoms with Crippen LogP contribution in [-0.4, -0.2) is 104 Å². The molecule has 2 aliphatic heterocycles. The fourth-order valence-corrected chi connectivity index (χ4v) is 5.79. The van der Waals surface area contributed by atoms with E-state index in [1.807, 2.05) is 0 Å². The van der Waals surface area contributed by atoms with Gasteiger partial charge in [-0.25, -0.2) is 0 Å². The maximum atomic E-state index is 12.4. The lowest BCUT2D eigenvalue weighted by atomic mass is 9.77. The summed E-state index contributed by atoms with van der Waals surface area (Å²) in [5.41, 5.74) is -2.31. The number of amides is 2. The third-order valence-corrected chi connectivity index (χ3v) is 7.43. The van der Waals surface area contributed by atoms with Gasteiger partial charge in [-0.3, -0.25) is 19.2 Å². The van der Waals surface area contributed by atoms with E-state index in [1.54, 1.807) is 0 Å². The quantitative estimate of drug-likeness (QED) is 0.264. The van der Waals surface area contributed by atoms with Crippen molar-refractivity contribution in [1.29, 1.82) is 0 Å². The lowest BCUT2D eigenvalue weighted by molar-refractivity contribution is -0.147. The Bertz CT molecular complexity index is 740. The van der Waals surface area contributed by atoms with E-state index in [1.165, 1.54) is 9.80 Å². The van der Waals surface area contributed by atoms with Crippen LogP contribution in [0.5, 0.6) is 0 Å². The van der Waals surface area contributed by atoms with Crippen LogP contribution in [0.2, 0.25) is 0 Å². The molecule has 0 aromatic heterocycles. The third-order valence-electron chi connectivity index (χ3n) is 7.43. The van der Waals surface area contributed by atoms with Gasteiger partial charge < -0.3 is 35.0 Å². The Morgan fingerprint density at radius 3 is 1.55 bits per heavy atom. The second kappa shape index (κ2) is 7.72. The number of aliphatic hydroxyl groups is 2. The Hall–Kier alpha value is -2.24. The van der Waals surface area contributed by atoms with Gasteiger partial charge in [0.1, 0.15) is 11.1 Å². The van der Waals surface area contributed by atoms with Crippen molar-refractivity contribution in [3.8, 4) is 0 Å². The number of aliphatic hydroxyl groups excluding tert-OH is 2. The van der Waals surface area contributed by atoms with Gasteiger partial charge >= 0.3 is 11.9 Å². The molecule has 6 atom stereocenters. The van der Waals surface area contributed by atoms with E-state index in [4.69, 9.17) is 4.74 Å². The van der Waals surface area contributed by atoms with Crippen LogP contribution in [0.4, 0.5) is 0 Å². The normalized spacial score (nSPS) is 39.3. The van der Waals surface area contributed by atoms with E-state index in [0.717, 1.165) is 0 Å². The van der Waals surface area contributed by atoms with E-state index in [-0.39, 0.29) is 63.8 Å². The molecule has 4 fully saturated rings. The summed E-state index contributed by atoms with van der Waals surface area (Å²) in [6.07, 6.45) is -0.00204. The molecule has 11 nitrogen and oxygen atoms in total. The lowest BCUT2D eigenvalue weighted by Crippen LogP contribution is -2.43. The van der Waals surface area contributed by atoms with Gasteiger partial charge in [-0.1, -0.05) is 0 Å². The number of ether oxygens (including phenoxy) is 1. The van der Waals surface area contributed by atoms with E-state index in [0.29, 0.717) is 12.8 Å². The smallest absolute Gasteiger partial charge is 0.309 e. The highest BCUT2D eigenvalue weighted by Gasteiger charge is 2.71. The molecule has 2 heterocycles. The van der Waals surface area contributed by atoms with Crippen molar-refractivity contribution >= 4 is 23.8 Å². The number of rotatable bonds is 8. The van der Waals surface area contributed by atoms with Gasteiger partial charge in [0.15, 0.2) is 0 Å². The Morgan fingerprint density at radius 1 is 0.806 bits per heavy atom. The topological polar surface area (TPSA) is 164 Å². The molecule has 172 valence electrons. The number of carboxylic acid groups (broad SMARTS) is 2. The van der Waals surface area contributed by atoms with Gasteiger partial charge in [0.25, 0.3) is 11.8 Å². The molecule has 2 saturated carbocycles. The Labute approximate surface area is 178 Å². The first kappa shape index (κ1) is 22.0. The van der Waals surface area contributed by atoms with Crippen LogP contribution in [0.15, 0.2) is 0 Å². The van der Waals surface area contributed by atoms with Crippen molar-refractivity contribution < 1.29 is 44.3 Å². The van der Waals surface area contributed by atoms with Gasteiger partial charge in [-0.05, 0) is 25.7 Å². The number of aliphatic carboxylic acids is 2. The molecule has 0 aromatic carbocycles. The van der Waals surface area contributed by atoms with Crippen LogP contribution < -0.4 is 0 Å². The van der Waals surface area contributed by atoms with Crippen molar-refractivity contribution in [1.82, 2.24) is 9.80 Å². The Morgan fingerprint density at radius 2 is 1.19 bits per heavy atom. The average Bonchev–Trinajstić information content (AvgIpc) is 3.45. The predicted molar refractivity (Wildman–Crippen MR) is 102 cm³/mol. The van der Waals surface area contributed by atoms with Crippen molar-refractivity contribution in [2.24, 2.45) is 11.8 Å². The molecule has 6 unspecified atom stereocenters. The first-order valence-corrected chi connectivity index (χ1v) is 10.7. The largest absolute Gasteiger partial charge is 0.481 e. The number of carboxylic acids is 2. The summed E-state index contributed by atoms with van der Waals surface area (Å²) in [4.78, 5) is 50.7. The number of carbonyl (C=O) groups is 4. The zero-order chi connectivity index (χ0) is 22.6. The predicted octanol–water partition coefficient (Wildman–Crippen LogP) is -1.34. The fourth-order valence-electron chi connectivity index (χ4n) is 5.79. The molecule has 2 amide bonds. The van der Waals surface area contributed by atoms with Crippen molar-refractivity contribution in [2.45, 2.75) is 61.8 Å². The SMILES string of the molecule is O=C(O)C1CCC(O)CC12C(=O)N2CCOCCN1C(=O)C12CC(O)CCC2C(=O)O. The van der Waals surface area contributed by atoms with Gasteiger partial charge in [0.05, 0.1) is 37.3 Å². The Balaban J connectivity index is 1.26. The number of nitrogens with zero attached hydrogens (tertiary/aromatic N) is 2. The van der Waals surface area contributed by atoms with Gasteiger partial charge in [0.2, 0.25) is 0 Å². The highest BCUT2D eigenvalue weighted by molar-refractivity contribution is 6.06. The molecule has 4 aliphatic rings. The molecule has 0 bridgehead atoms. The van der Waals surface area contributed by atoms with Gasteiger partial charge in [0, 0.05) is 25.9 Å². The molecule has 31 heavy (non-hydrogen) atoms.